The van der Waals surface area contributed by atoms with E-state index in [0.717, 1.165) is 12.1 Å². The Balaban J connectivity index is 1.84. The van der Waals surface area contributed by atoms with E-state index in [4.69, 9.17) is 4.74 Å². The van der Waals surface area contributed by atoms with E-state index in [1.54, 1.807) is 24.3 Å². The molecule has 2 N–H and O–H groups in total. The van der Waals surface area contributed by atoms with Gasteiger partial charge in [-0.05, 0) is 48.9 Å². The summed E-state index contributed by atoms with van der Waals surface area (Å²) in [5.41, 5.74) is 1.51. The van der Waals surface area contributed by atoms with Gasteiger partial charge in [0.05, 0.1) is 7.11 Å². The van der Waals surface area contributed by atoms with Crippen LogP contribution in [0.25, 0.3) is 0 Å². The lowest BCUT2D eigenvalue weighted by molar-refractivity contribution is -0.132. The zero-order valence-electron chi connectivity index (χ0n) is 14.1. The maximum Gasteiger partial charge on any atom is 0.344 e. The summed E-state index contributed by atoms with van der Waals surface area (Å²) in [5.74, 6) is -1.32. The van der Waals surface area contributed by atoms with E-state index >= 15 is 0 Å². The van der Waals surface area contributed by atoms with Crippen LogP contribution in [0.2, 0.25) is 0 Å². The van der Waals surface area contributed by atoms with Crippen molar-refractivity contribution in [1.82, 2.24) is 15.8 Å². The minimum absolute atomic E-state index is 0.113. The van der Waals surface area contributed by atoms with Crippen LogP contribution in [-0.2, 0) is 10.3 Å². The van der Waals surface area contributed by atoms with Gasteiger partial charge in [0, 0.05) is 5.56 Å². The molecule has 0 radical (unpaired) electrons. The van der Waals surface area contributed by atoms with Gasteiger partial charge in [0.2, 0.25) is 0 Å². The second kappa shape index (κ2) is 6.47. The number of hydrogen-bond acceptors (Lipinski definition) is 4. The fourth-order valence-electron chi connectivity index (χ4n) is 2.64. The molecule has 0 aromatic heterocycles. The molecule has 4 amide bonds. The summed E-state index contributed by atoms with van der Waals surface area (Å²) >= 11 is 0. The van der Waals surface area contributed by atoms with Gasteiger partial charge < -0.3 is 10.1 Å². The standard InChI is InChI=1S/C18H16FN3O4/c1-18(12-4-3-5-14(10-12)26-2)16(24)22(17(25)20-18)21-15(23)11-6-8-13(19)9-7-11/h3-10H,1-2H3,(H,20,25)(H,21,23)/t18-/m1/s1. The van der Waals surface area contributed by atoms with E-state index in [9.17, 15) is 18.8 Å². The second-order valence-electron chi connectivity index (χ2n) is 5.88. The molecule has 3 rings (SSSR count). The summed E-state index contributed by atoms with van der Waals surface area (Å²) in [4.78, 5) is 37.2. The number of nitrogens with zero attached hydrogens (tertiary/aromatic N) is 1. The highest BCUT2D eigenvalue weighted by Gasteiger charge is 2.50. The minimum Gasteiger partial charge on any atom is -0.497 e. The topological polar surface area (TPSA) is 87.7 Å². The van der Waals surface area contributed by atoms with Crippen LogP contribution in [-0.4, -0.2) is 30.0 Å². The average molecular weight is 357 g/mol. The van der Waals surface area contributed by atoms with E-state index in [1.807, 2.05) is 0 Å². The molecule has 1 aliphatic rings. The first kappa shape index (κ1) is 17.4. The first-order chi connectivity index (χ1) is 12.3. The van der Waals surface area contributed by atoms with Crippen molar-refractivity contribution >= 4 is 17.8 Å². The Labute approximate surface area is 148 Å². The molecule has 0 unspecified atom stereocenters. The number of benzene rings is 2. The number of imide groups is 1. The number of amides is 4. The molecule has 134 valence electrons. The van der Waals surface area contributed by atoms with Gasteiger partial charge in [-0.1, -0.05) is 12.1 Å². The number of methoxy groups -OCH3 is 1. The van der Waals surface area contributed by atoms with Crippen LogP contribution in [0.1, 0.15) is 22.8 Å². The number of carbonyl (C=O) groups excluding carboxylic acids is 3. The lowest BCUT2D eigenvalue weighted by Gasteiger charge is -2.22. The van der Waals surface area contributed by atoms with Crippen molar-refractivity contribution in [3.8, 4) is 5.75 Å². The van der Waals surface area contributed by atoms with Crippen LogP contribution in [0.4, 0.5) is 9.18 Å². The van der Waals surface area contributed by atoms with Crippen molar-refractivity contribution in [3.63, 3.8) is 0 Å². The third-order valence-corrected chi connectivity index (χ3v) is 4.16. The smallest absolute Gasteiger partial charge is 0.344 e. The molecule has 8 heteroatoms. The highest BCUT2D eigenvalue weighted by molar-refractivity contribution is 6.09. The number of hydrazine groups is 1. The molecule has 1 saturated heterocycles. The number of rotatable bonds is 4. The fraction of sp³-hybridized carbons (Fsp3) is 0.167. The third kappa shape index (κ3) is 2.97. The molecule has 1 aliphatic heterocycles. The second-order valence-corrected chi connectivity index (χ2v) is 5.88. The lowest BCUT2D eigenvalue weighted by atomic mass is 9.92. The molecule has 1 fully saturated rings. The molecule has 7 nitrogen and oxygen atoms in total. The Morgan fingerprint density at radius 1 is 1.19 bits per heavy atom. The van der Waals surface area contributed by atoms with Gasteiger partial charge in [0.1, 0.15) is 17.1 Å². The SMILES string of the molecule is COc1cccc([C@@]2(C)NC(=O)N(NC(=O)c3ccc(F)cc3)C2=O)c1. The van der Waals surface area contributed by atoms with E-state index in [0.29, 0.717) is 16.3 Å². The normalized spacial score (nSPS) is 19.3. The Morgan fingerprint density at radius 3 is 2.54 bits per heavy atom. The van der Waals surface area contributed by atoms with E-state index in [1.165, 1.54) is 26.2 Å². The summed E-state index contributed by atoms with van der Waals surface area (Å²) in [5, 5.41) is 3.19. The van der Waals surface area contributed by atoms with Crippen LogP contribution in [0.3, 0.4) is 0 Å². The molecule has 0 saturated carbocycles. The molecule has 2 aromatic carbocycles. The quantitative estimate of drug-likeness (QED) is 0.819. The van der Waals surface area contributed by atoms with E-state index in [-0.39, 0.29) is 5.56 Å². The van der Waals surface area contributed by atoms with Gasteiger partial charge in [-0.25, -0.2) is 9.18 Å². The molecule has 0 bridgehead atoms. The molecule has 2 aromatic rings. The molecular weight excluding hydrogens is 341 g/mol. The maximum absolute atomic E-state index is 13.0. The van der Waals surface area contributed by atoms with Crippen molar-refractivity contribution in [3.05, 3.63) is 65.5 Å². The zero-order chi connectivity index (χ0) is 18.9. The van der Waals surface area contributed by atoms with Gasteiger partial charge in [-0.15, -0.1) is 0 Å². The summed E-state index contributed by atoms with van der Waals surface area (Å²) in [6.07, 6.45) is 0. The largest absolute Gasteiger partial charge is 0.497 e. The van der Waals surface area contributed by atoms with Gasteiger partial charge >= 0.3 is 6.03 Å². The summed E-state index contributed by atoms with van der Waals surface area (Å²) in [7, 11) is 1.49. The van der Waals surface area contributed by atoms with Crippen molar-refractivity contribution in [2.24, 2.45) is 0 Å². The Bertz CT molecular complexity index is 884. The van der Waals surface area contributed by atoms with Gasteiger partial charge in [0.15, 0.2) is 0 Å². The number of ether oxygens (including phenoxy) is 1. The predicted molar refractivity (Wildman–Crippen MR) is 89.6 cm³/mol. The molecule has 0 spiro atoms. The fourth-order valence-corrected chi connectivity index (χ4v) is 2.64. The molecule has 0 aliphatic carbocycles. The predicted octanol–water partition coefficient (Wildman–Crippen LogP) is 1.95. The van der Waals surface area contributed by atoms with E-state index < -0.39 is 29.2 Å². The average Bonchev–Trinajstić information content (AvgIpc) is 2.86. The van der Waals surface area contributed by atoms with Crippen molar-refractivity contribution in [2.75, 3.05) is 7.11 Å². The van der Waals surface area contributed by atoms with Crippen molar-refractivity contribution < 1.29 is 23.5 Å². The molecular formula is C18H16FN3O4. The maximum atomic E-state index is 13.0. The number of hydrogen-bond donors (Lipinski definition) is 2. The van der Waals surface area contributed by atoms with Crippen LogP contribution in [0.15, 0.2) is 48.5 Å². The van der Waals surface area contributed by atoms with Crippen LogP contribution < -0.4 is 15.5 Å². The van der Waals surface area contributed by atoms with Gasteiger partial charge in [0.25, 0.3) is 11.8 Å². The highest BCUT2D eigenvalue weighted by atomic mass is 19.1. The number of carbonyl (C=O) groups is 3. The van der Waals surface area contributed by atoms with Gasteiger partial charge in [-0.3, -0.25) is 15.0 Å². The molecule has 1 atom stereocenters. The lowest BCUT2D eigenvalue weighted by Crippen LogP contribution is -2.47. The van der Waals surface area contributed by atoms with Crippen molar-refractivity contribution in [2.45, 2.75) is 12.5 Å². The number of nitrogens with one attached hydrogen (secondary N) is 2. The van der Waals surface area contributed by atoms with Crippen molar-refractivity contribution in [1.29, 1.82) is 0 Å². The van der Waals surface area contributed by atoms with E-state index in [2.05, 4.69) is 10.7 Å². The molecule has 26 heavy (non-hydrogen) atoms. The first-order valence-electron chi connectivity index (χ1n) is 7.73. The summed E-state index contributed by atoms with van der Waals surface area (Å²) in [6.45, 7) is 1.53. The monoisotopic (exact) mass is 357 g/mol. The highest BCUT2D eigenvalue weighted by Crippen LogP contribution is 2.30. The third-order valence-electron chi connectivity index (χ3n) is 4.16. The molecule has 1 heterocycles. The van der Waals surface area contributed by atoms with Crippen LogP contribution in [0, 0.1) is 5.82 Å². The van der Waals surface area contributed by atoms with Crippen LogP contribution >= 0.6 is 0 Å². The first-order valence-corrected chi connectivity index (χ1v) is 7.73. The zero-order valence-corrected chi connectivity index (χ0v) is 14.1. The summed E-state index contributed by atoms with van der Waals surface area (Å²) < 4.78 is 18.1. The Kier molecular flexibility index (Phi) is 4.33. The Hall–Kier alpha value is -3.42. The van der Waals surface area contributed by atoms with Crippen LogP contribution in [0.5, 0.6) is 5.75 Å². The van der Waals surface area contributed by atoms with Gasteiger partial charge in [-0.2, -0.15) is 5.01 Å². The number of urea groups is 1. The summed E-state index contributed by atoms with van der Waals surface area (Å²) in [6, 6.07) is 10.7. The number of halogens is 1. The Morgan fingerprint density at radius 2 is 1.88 bits per heavy atom. The minimum atomic E-state index is -1.36.